The van der Waals surface area contributed by atoms with Gasteiger partial charge in [-0.2, -0.15) is 0 Å². The van der Waals surface area contributed by atoms with E-state index < -0.39 is 5.97 Å². The summed E-state index contributed by atoms with van der Waals surface area (Å²) >= 11 is 0. The van der Waals surface area contributed by atoms with E-state index in [2.05, 4.69) is 0 Å². The highest BCUT2D eigenvalue weighted by Crippen LogP contribution is 2.23. The van der Waals surface area contributed by atoms with Crippen molar-refractivity contribution in [1.82, 2.24) is 4.40 Å². The largest absolute Gasteiger partial charge is 0.462 e. The lowest BCUT2D eigenvalue weighted by molar-refractivity contribution is 0.0527. The van der Waals surface area contributed by atoms with Gasteiger partial charge in [0.1, 0.15) is 0 Å². The third-order valence-electron chi connectivity index (χ3n) is 3.75. The lowest BCUT2D eigenvalue weighted by Gasteiger charge is -2.13. The molecule has 2 heterocycles. The van der Waals surface area contributed by atoms with Gasteiger partial charge in [-0.15, -0.1) is 0 Å². The maximum Gasteiger partial charge on any atom is 0.339 e. The number of carbonyl (C=O) groups is 1. The van der Waals surface area contributed by atoms with Crippen LogP contribution in [0, 0.1) is 6.92 Å². The summed E-state index contributed by atoms with van der Waals surface area (Å²) in [5.74, 6) is -0.479. The first-order valence-electron chi connectivity index (χ1n) is 7.51. The Labute approximate surface area is 134 Å². The van der Waals surface area contributed by atoms with Crippen molar-refractivity contribution < 1.29 is 9.53 Å². The van der Waals surface area contributed by atoms with Gasteiger partial charge in [0.25, 0.3) is 5.56 Å². The second-order valence-electron chi connectivity index (χ2n) is 5.25. The summed E-state index contributed by atoms with van der Waals surface area (Å²) in [6, 6.07) is 16.5. The molecule has 0 aliphatic carbocycles. The Kier molecular flexibility index (Phi) is 3.98. The van der Waals surface area contributed by atoms with Crippen LogP contribution in [0.2, 0.25) is 0 Å². The molecular weight excluding hydrogens is 290 g/mol. The molecule has 0 bridgehead atoms. The summed E-state index contributed by atoms with van der Waals surface area (Å²) < 4.78 is 6.75. The molecule has 3 aromatic rings. The van der Waals surface area contributed by atoms with Gasteiger partial charge in [-0.3, -0.25) is 9.20 Å². The number of ether oxygens (including phenoxy) is 1. The van der Waals surface area contributed by atoms with E-state index >= 15 is 0 Å². The molecule has 0 unspecified atom stereocenters. The van der Waals surface area contributed by atoms with E-state index in [0.717, 1.165) is 5.69 Å². The fourth-order valence-corrected chi connectivity index (χ4v) is 2.73. The molecule has 116 valence electrons. The highest BCUT2D eigenvalue weighted by molar-refractivity contribution is 5.98. The van der Waals surface area contributed by atoms with E-state index in [1.807, 2.05) is 55.5 Å². The van der Waals surface area contributed by atoms with E-state index in [1.54, 1.807) is 17.4 Å². The molecule has 3 rings (SSSR count). The quantitative estimate of drug-likeness (QED) is 0.696. The van der Waals surface area contributed by atoms with Crippen LogP contribution >= 0.6 is 0 Å². The predicted molar refractivity (Wildman–Crippen MR) is 89.8 cm³/mol. The minimum atomic E-state index is -0.479. The number of aromatic nitrogens is 1. The van der Waals surface area contributed by atoms with Gasteiger partial charge in [0.05, 0.1) is 17.7 Å². The smallest absolute Gasteiger partial charge is 0.339 e. The number of hydrogen-bond donors (Lipinski definition) is 0. The third kappa shape index (κ3) is 2.63. The number of pyridine rings is 2. The lowest BCUT2D eigenvalue weighted by Crippen LogP contribution is -2.22. The van der Waals surface area contributed by atoms with Crippen LogP contribution < -0.4 is 5.56 Å². The number of hydrogen-bond acceptors (Lipinski definition) is 3. The number of benzene rings is 1. The van der Waals surface area contributed by atoms with Crippen molar-refractivity contribution in [3.05, 3.63) is 76.2 Å². The van der Waals surface area contributed by atoms with Gasteiger partial charge < -0.3 is 4.74 Å². The van der Waals surface area contributed by atoms with Crippen LogP contribution in [0.25, 0.3) is 16.6 Å². The molecule has 1 aromatic carbocycles. The molecule has 4 nitrogen and oxygen atoms in total. The Morgan fingerprint density at radius 3 is 2.52 bits per heavy atom. The van der Waals surface area contributed by atoms with E-state index in [1.165, 1.54) is 0 Å². The van der Waals surface area contributed by atoms with E-state index in [0.29, 0.717) is 22.2 Å². The number of rotatable bonds is 3. The first-order chi connectivity index (χ1) is 11.1. The summed E-state index contributed by atoms with van der Waals surface area (Å²) in [6.45, 7) is 3.88. The molecule has 0 saturated carbocycles. The Morgan fingerprint density at radius 2 is 1.83 bits per heavy atom. The summed E-state index contributed by atoms with van der Waals surface area (Å²) in [6.07, 6.45) is 0. The Balaban J connectivity index is 2.41. The summed E-state index contributed by atoms with van der Waals surface area (Å²) in [5, 5.41) is 0. The van der Waals surface area contributed by atoms with E-state index in [-0.39, 0.29) is 12.2 Å². The van der Waals surface area contributed by atoms with Crippen LogP contribution in [0.4, 0.5) is 0 Å². The van der Waals surface area contributed by atoms with Gasteiger partial charge in [0.2, 0.25) is 0 Å². The molecule has 2 aromatic heterocycles. The highest BCUT2D eigenvalue weighted by Gasteiger charge is 2.20. The van der Waals surface area contributed by atoms with Crippen LogP contribution in [0.5, 0.6) is 0 Å². The van der Waals surface area contributed by atoms with Gasteiger partial charge in [-0.05, 0) is 37.6 Å². The molecular formula is C19H17NO3. The first-order valence-corrected chi connectivity index (χ1v) is 7.51. The molecule has 0 aliphatic heterocycles. The van der Waals surface area contributed by atoms with Crippen molar-refractivity contribution in [1.29, 1.82) is 0 Å². The lowest BCUT2D eigenvalue weighted by atomic mass is 10.0. The predicted octanol–water partition coefficient (Wildman–Crippen LogP) is 3.45. The monoisotopic (exact) mass is 307 g/mol. The van der Waals surface area contributed by atoms with E-state index in [4.69, 9.17) is 4.74 Å². The van der Waals surface area contributed by atoms with Gasteiger partial charge in [0, 0.05) is 11.2 Å². The normalized spacial score (nSPS) is 10.7. The zero-order chi connectivity index (χ0) is 16.4. The zero-order valence-electron chi connectivity index (χ0n) is 13.1. The number of nitrogens with zero attached hydrogens (tertiary/aromatic N) is 1. The van der Waals surface area contributed by atoms with Crippen molar-refractivity contribution in [2.24, 2.45) is 0 Å². The maximum absolute atomic E-state index is 13.0. The number of esters is 1. The van der Waals surface area contributed by atoms with Crippen LogP contribution in [0.15, 0.2) is 59.4 Å². The van der Waals surface area contributed by atoms with Crippen molar-refractivity contribution in [3.8, 4) is 11.1 Å². The standard InChI is InChI=1S/C19H17NO3/c1-3-23-19(22)16-12-15-11-7-8-13(2)20(15)18(21)17(16)14-9-5-4-6-10-14/h4-12H,3H2,1-2H3. The van der Waals surface area contributed by atoms with E-state index in [9.17, 15) is 9.59 Å². The molecule has 0 saturated heterocycles. The molecule has 0 fully saturated rings. The first kappa shape index (κ1) is 15.0. The van der Waals surface area contributed by atoms with Gasteiger partial charge in [-0.1, -0.05) is 36.4 Å². The molecule has 4 heteroatoms. The fraction of sp³-hybridized carbons (Fsp3) is 0.158. The van der Waals surface area contributed by atoms with Crippen LogP contribution in [0.3, 0.4) is 0 Å². The van der Waals surface area contributed by atoms with Crippen LogP contribution in [-0.4, -0.2) is 17.0 Å². The molecule has 0 amide bonds. The topological polar surface area (TPSA) is 47.8 Å². The minimum Gasteiger partial charge on any atom is -0.462 e. The summed E-state index contributed by atoms with van der Waals surface area (Å²) in [4.78, 5) is 25.4. The number of carbonyl (C=O) groups excluding carboxylic acids is 1. The second kappa shape index (κ2) is 6.08. The average Bonchev–Trinajstić information content (AvgIpc) is 2.55. The Hall–Kier alpha value is -2.88. The molecule has 0 radical (unpaired) electrons. The summed E-state index contributed by atoms with van der Waals surface area (Å²) in [7, 11) is 0. The van der Waals surface area contributed by atoms with Crippen molar-refractivity contribution in [3.63, 3.8) is 0 Å². The second-order valence-corrected chi connectivity index (χ2v) is 5.25. The SMILES string of the molecule is CCOC(=O)c1cc2cccc(C)n2c(=O)c1-c1ccccc1. The average molecular weight is 307 g/mol. The highest BCUT2D eigenvalue weighted by atomic mass is 16.5. The van der Waals surface area contributed by atoms with Gasteiger partial charge >= 0.3 is 5.97 Å². The van der Waals surface area contributed by atoms with Crippen LogP contribution in [0.1, 0.15) is 23.0 Å². The molecule has 0 N–H and O–H groups in total. The Bertz CT molecular complexity index is 926. The fourth-order valence-electron chi connectivity index (χ4n) is 2.73. The van der Waals surface area contributed by atoms with Crippen molar-refractivity contribution in [2.45, 2.75) is 13.8 Å². The molecule has 0 aliphatic rings. The molecule has 0 atom stereocenters. The number of aryl methyl sites for hydroxylation is 1. The van der Waals surface area contributed by atoms with Crippen LogP contribution in [-0.2, 0) is 4.74 Å². The zero-order valence-corrected chi connectivity index (χ0v) is 13.1. The van der Waals surface area contributed by atoms with Gasteiger partial charge in [0.15, 0.2) is 0 Å². The van der Waals surface area contributed by atoms with Crippen molar-refractivity contribution >= 4 is 11.5 Å². The minimum absolute atomic E-state index is 0.213. The maximum atomic E-state index is 13.0. The third-order valence-corrected chi connectivity index (χ3v) is 3.75. The molecule has 23 heavy (non-hydrogen) atoms. The summed E-state index contributed by atoms with van der Waals surface area (Å²) in [5.41, 5.74) is 2.66. The number of fused-ring (bicyclic) bond motifs is 1. The molecule has 0 spiro atoms. The van der Waals surface area contributed by atoms with Gasteiger partial charge in [-0.25, -0.2) is 4.79 Å². The Morgan fingerprint density at radius 1 is 1.09 bits per heavy atom. The van der Waals surface area contributed by atoms with Crippen molar-refractivity contribution in [2.75, 3.05) is 6.61 Å².